The van der Waals surface area contributed by atoms with E-state index in [4.69, 9.17) is 17.3 Å². The molecule has 0 aliphatic carbocycles. The molecule has 3 N–H and O–H groups in total. The first-order valence-corrected chi connectivity index (χ1v) is 5.52. The number of hydrogen-bond acceptors (Lipinski definition) is 2. The molecule has 0 amide bonds. The molecule has 0 fully saturated rings. The van der Waals surface area contributed by atoms with E-state index in [1.807, 2.05) is 19.1 Å². The fourth-order valence-electron chi connectivity index (χ4n) is 1.56. The van der Waals surface area contributed by atoms with E-state index in [-0.39, 0.29) is 5.82 Å². The van der Waals surface area contributed by atoms with Gasteiger partial charge in [-0.15, -0.1) is 0 Å². The molecular weight excluding hydrogens is 239 g/mol. The fourth-order valence-corrected chi connectivity index (χ4v) is 1.79. The van der Waals surface area contributed by atoms with Crippen LogP contribution in [0, 0.1) is 12.7 Å². The van der Waals surface area contributed by atoms with Crippen LogP contribution in [0.3, 0.4) is 0 Å². The summed E-state index contributed by atoms with van der Waals surface area (Å²) >= 11 is 5.87. The largest absolute Gasteiger partial charge is 0.397 e. The minimum absolute atomic E-state index is 0.346. The van der Waals surface area contributed by atoms with Crippen LogP contribution in [-0.4, -0.2) is 0 Å². The van der Waals surface area contributed by atoms with Gasteiger partial charge in [0.15, 0.2) is 0 Å². The summed E-state index contributed by atoms with van der Waals surface area (Å²) in [4.78, 5) is 0. The van der Waals surface area contributed by atoms with E-state index in [2.05, 4.69) is 5.32 Å². The number of benzene rings is 2. The van der Waals surface area contributed by atoms with Crippen molar-refractivity contribution in [3.8, 4) is 0 Å². The molecule has 0 radical (unpaired) electrons. The summed E-state index contributed by atoms with van der Waals surface area (Å²) in [5.41, 5.74) is 8.67. The number of nitrogen functional groups attached to an aromatic ring is 1. The van der Waals surface area contributed by atoms with Crippen molar-refractivity contribution < 1.29 is 4.39 Å². The third kappa shape index (κ3) is 2.68. The van der Waals surface area contributed by atoms with Gasteiger partial charge in [0, 0.05) is 10.7 Å². The molecule has 88 valence electrons. The molecule has 0 saturated heterocycles. The van der Waals surface area contributed by atoms with Crippen molar-refractivity contribution in [3.63, 3.8) is 0 Å². The Bertz CT molecular complexity index is 506. The van der Waals surface area contributed by atoms with Crippen LogP contribution in [0.15, 0.2) is 36.4 Å². The number of hydrogen-bond donors (Lipinski definition) is 2. The van der Waals surface area contributed by atoms with Gasteiger partial charge in [0.1, 0.15) is 5.82 Å². The highest BCUT2D eigenvalue weighted by Gasteiger charge is 2.03. The molecule has 2 nitrogen and oxygen atoms in total. The van der Waals surface area contributed by atoms with E-state index >= 15 is 0 Å². The number of nitrogens with one attached hydrogen (secondary N) is 1. The number of nitrogens with two attached hydrogens (primary N) is 1. The van der Waals surface area contributed by atoms with Crippen LogP contribution in [-0.2, 0) is 0 Å². The lowest BCUT2D eigenvalue weighted by Crippen LogP contribution is -1.98. The summed E-state index contributed by atoms with van der Waals surface area (Å²) in [7, 11) is 0. The van der Waals surface area contributed by atoms with Gasteiger partial charge in [0.05, 0.1) is 11.4 Å². The summed E-state index contributed by atoms with van der Waals surface area (Å²) in [5.74, 6) is -0.346. The van der Waals surface area contributed by atoms with E-state index in [1.54, 1.807) is 12.1 Å². The van der Waals surface area contributed by atoms with Crippen LogP contribution < -0.4 is 11.1 Å². The first-order valence-electron chi connectivity index (χ1n) is 5.14. The number of halogens is 2. The zero-order valence-electron chi connectivity index (χ0n) is 9.30. The molecule has 0 atom stereocenters. The summed E-state index contributed by atoms with van der Waals surface area (Å²) in [5, 5.41) is 3.83. The highest BCUT2D eigenvalue weighted by atomic mass is 35.5. The fraction of sp³-hybridized carbons (Fsp3) is 0.0769. The van der Waals surface area contributed by atoms with E-state index in [1.165, 1.54) is 12.1 Å². The lowest BCUT2D eigenvalue weighted by Gasteiger charge is -2.11. The normalized spacial score (nSPS) is 10.3. The van der Waals surface area contributed by atoms with E-state index in [0.29, 0.717) is 16.4 Å². The van der Waals surface area contributed by atoms with Gasteiger partial charge in [-0.1, -0.05) is 11.6 Å². The molecule has 0 spiro atoms. The topological polar surface area (TPSA) is 38.0 Å². The molecule has 2 rings (SSSR count). The van der Waals surface area contributed by atoms with E-state index < -0.39 is 0 Å². The Morgan fingerprint density at radius 1 is 1.12 bits per heavy atom. The van der Waals surface area contributed by atoms with E-state index in [9.17, 15) is 4.39 Å². The Morgan fingerprint density at radius 3 is 2.47 bits per heavy atom. The summed E-state index contributed by atoms with van der Waals surface area (Å²) in [6, 6.07) is 9.76. The van der Waals surface area contributed by atoms with Gasteiger partial charge in [0.2, 0.25) is 0 Å². The number of anilines is 3. The number of aryl methyl sites for hydroxylation is 1. The van der Waals surface area contributed by atoms with Crippen LogP contribution >= 0.6 is 11.6 Å². The predicted octanol–water partition coefficient (Wildman–Crippen LogP) is 4.11. The van der Waals surface area contributed by atoms with Crippen molar-refractivity contribution in [2.45, 2.75) is 6.92 Å². The molecule has 0 heterocycles. The van der Waals surface area contributed by atoms with Gasteiger partial charge in [-0.2, -0.15) is 0 Å². The monoisotopic (exact) mass is 250 g/mol. The second kappa shape index (κ2) is 4.63. The van der Waals surface area contributed by atoms with Crippen LogP contribution in [0.4, 0.5) is 21.5 Å². The SMILES string of the molecule is Cc1cc(Cl)ccc1Nc1ccc(F)cc1N. The van der Waals surface area contributed by atoms with Crippen molar-refractivity contribution in [3.05, 3.63) is 52.8 Å². The molecule has 17 heavy (non-hydrogen) atoms. The molecular formula is C13H12ClFN2. The average Bonchev–Trinajstić information content (AvgIpc) is 2.25. The highest BCUT2D eigenvalue weighted by molar-refractivity contribution is 6.30. The summed E-state index contributed by atoms with van der Waals surface area (Å²) < 4.78 is 12.9. The van der Waals surface area contributed by atoms with Crippen molar-refractivity contribution in [2.75, 3.05) is 11.1 Å². The molecule has 0 bridgehead atoms. The maximum atomic E-state index is 12.9. The van der Waals surface area contributed by atoms with Crippen molar-refractivity contribution >= 4 is 28.7 Å². The first kappa shape index (κ1) is 11.7. The molecule has 0 aromatic heterocycles. The summed E-state index contributed by atoms with van der Waals surface area (Å²) in [6.45, 7) is 1.94. The maximum absolute atomic E-state index is 12.9. The lowest BCUT2D eigenvalue weighted by atomic mass is 10.2. The molecule has 2 aromatic carbocycles. The van der Waals surface area contributed by atoms with Crippen LogP contribution in [0.5, 0.6) is 0 Å². The third-order valence-corrected chi connectivity index (χ3v) is 2.71. The first-order chi connectivity index (χ1) is 8.06. The zero-order chi connectivity index (χ0) is 12.4. The zero-order valence-corrected chi connectivity index (χ0v) is 10.1. The Balaban J connectivity index is 2.31. The van der Waals surface area contributed by atoms with Crippen LogP contribution in [0.25, 0.3) is 0 Å². The van der Waals surface area contributed by atoms with Crippen LogP contribution in [0.2, 0.25) is 5.02 Å². The minimum Gasteiger partial charge on any atom is -0.397 e. The highest BCUT2D eigenvalue weighted by Crippen LogP contribution is 2.27. The third-order valence-electron chi connectivity index (χ3n) is 2.47. The molecule has 0 saturated carbocycles. The van der Waals surface area contributed by atoms with Gasteiger partial charge in [-0.05, 0) is 48.9 Å². The second-order valence-electron chi connectivity index (χ2n) is 3.82. The van der Waals surface area contributed by atoms with E-state index in [0.717, 1.165) is 11.3 Å². The van der Waals surface area contributed by atoms with Crippen LogP contribution in [0.1, 0.15) is 5.56 Å². The second-order valence-corrected chi connectivity index (χ2v) is 4.25. The lowest BCUT2D eigenvalue weighted by molar-refractivity contribution is 0.628. The molecule has 0 unspecified atom stereocenters. The van der Waals surface area contributed by atoms with Gasteiger partial charge >= 0.3 is 0 Å². The van der Waals surface area contributed by atoms with Crippen molar-refractivity contribution in [2.24, 2.45) is 0 Å². The Morgan fingerprint density at radius 2 is 1.82 bits per heavy atom. The standard InChI is InChI=1S/C13H12ClFN2/c1-8-6-9(14)2-4-12(8)17-13-5-3-10(15)7-11(13)16/h2-7,17H,16H2,1H3. The summed E-state index contributed by atoms with van der Waals surface area (Å²) in [6.07, 6.45) is 0. The number of rotatable bonds is 2. The van der Waals surface area contributed by atoms with Crippen molar-refractivity contribution in [1.29, 1.82) is 0 Å². The average molecular weight is 251 g/mol. The Labute approximate surface area is 104 Å². The smallest absolute Gasteiger partial charge is 0.125 e. The van der Waals surface area contributed by atoms with Gasteiger partial charge < -0.3 is 11.1 Å². The predicted molar refractivity (Wildman–Crippen MR) is 70.3 cm³/mol. The minimum atomic E-state index is -0.346. The Kier molecular flexibility index (Phi) is 3.20. The van der Waals surface area contributed by atoms with Gasteiger partial charge in [-0.25, -0.2) is 4.39 Å². The van der Waals surface area contributed by atoms with Gasteiger partial charge in [0.25, 0.3) is 0 Å². The van der Waals surface area contributed by atoms with Crippen molar-refractivity contribution in [1.82, 2.24) is 0 Å². The molecule has 0 aliphatic heterocycles. The molecule has 4 heteroatoms. The Hall–Kier alpha value is -1.74. The quantitative estimate of drug-likeness (QED) is 0.787. The molecule has 0 aliphatic rings. The molecule has 2 aromatic rings. The van der Waals surface area contributed by atoms with Gasteiger partial charge in [-0.3, -0.25) is 0 Å². The maximum Gasteiger partial charge on any atom is 0.125 e.